The minimum Gasteiger partial charge on any atom is -0.308 e. The maximum Gasteiger partial charge on any atom is 0.272 e. The van der Waals surface area contributed by atoms with Crippen LogP contribution in [0.5, 0.6) is 0 Å². The Morgan fingerprint density at radius 3 is 2.86 bits per heavy atom. The molecule has 1 aromatic carbocycles. The largest absolute Gasteiger partial charge is 0.308 e. The molecule has 2 heterocycles. The Bertz CT molecular complexity index is 885. The van der Waals surface area contributed by atoms with Crippen molar-refractivity contribution in [3.63, 3.8) is 0 Å². The summed E-state index contributed by atoms with van der Waals surface area (Å²) >= 11 is 0. The number of aryl methyl sites for hydroxylation is 1. The smallest absolute Gasteiger partial charge is 0.272 e. The quantitative estimate of drug-likeness (QED) is 0.594. The van der Waals surface area contributed by atoms with Gasteiger partial charge in [0.1, 0.15) is 11.5 Å². The Labute approximate surface area is 125 Å². The lowest BCUT2D eigenvalue weighted by Gasteiger charge is -2.08. The second kappa shape index (κ2) is 5.28. The van der Waals surface area contributed by atoms with Crippen molar-refractivity contribution in [2.24, 2.45) is 0 Å². The van der Waals surface area contributed by atoms with E-state index in [0.717, 1.165) is 5.65 Å². The number of aromatic nitrogens is 2. The summed E-state index contributed by atoms with van der Waals surface area (Å²) < 4.78 is 1.75. The van der Waals surface area contributed by atoms with Gasteiger partial charge in [0.25, 0.3) is 11.6 Å². The van der Waals surface area contributed by atoms with Crippen molar-refractivity contribution >= 4 is 23.1 Å². The van der Waals surface area contributed by atoms with Crippen LogP contribution in [0, 0.1) is 17.0 Å². The summed E-state index contributed by atoms with van der Waals surface area (Å²) in [4.78, 5) is 26.8. The number of pyridine rings is 1. The highest BCUT2D eigenvalue weighted by atomic mass is 16.6. The van der Waals surface area contributed by atoms with Crippen LogP contribution >= 0.6 is 0 Å². The van der Waals surface area contributed by atoms with Crippen LogP contribution in [0.3, 0.4) is 0 Å². The maximum absolute atomic E-state index is 12.3. The minimum atomic E-state index is -0.469. The Balaban J connectivity index is 1.90. The van der Waals surface area contributed by atoms with Crippen LogP contribution < -0.4 is 5.32 Å². The summed E-state index contributed by atoms with van der Waals surface area (Å²) in [5.41, 5.74) is 1.52. The number of nitrogens with zero attached hydrogens (tertiary/aromatic N) is 3. The van der Waals surface area contributed by atoms with Gasteiger partial charge in [-0.25, -0.2) is 4.98 Å². The van der Waals surface area contributed by atoms with E-state index in [0.29, 0.717) is 16.9 Å². The fourth-order valence-corrected chi connectivity index (χ4v) is 2.24. The van der Waals surface area contributed by atoms with Crippen LogP contribution in [0.4, 0.5) is 11.5 Å². The first-order valence-corrected chi connectivity index (χ1v) is 6.55. The number of rotatable bonds is 3. The second-order valence-electron chi connectivity index (χ2n) is 4.78. The van der Waals surface area contributed by atoms with Crippen molar-refractivity contribution in [1.29, 1.82) is 0 Å². The van der Waals surface area contributed by atoms with E-state index in [2.05, 4.69) is 10.3 Å². The van der Waals surface area contributed by atoms with Crippen LogP contribution in [-0.4, -0.2) is 20.2 Å². The van der Waals surface area contributed by atoms with Crippen molar-refractivity contribution in [2.75, 3.05) is 5.32 Å². The van der Waals surface area contributed by atoms with Gasteiger partial charge in [-0.05, 0) is 31.2 Å². The molecule has 0 unspecified atom stereocenters. The SMILES string of the molecule is Cc1cc(C(=O)Nc2cccc3nccn23)ccc1[N+](=O)[O-]. The van der Waals surface area contributed by atoms with Crippen molar-refractivity contribution in [3.05, 3.63) is 70.0 Å². The van der Waals surface area contributed by atoms with Gasteiger partial charge in [0, 0.05) is 29.6 Å². The molecule has 0 bridgehead atoms. The predicted molar refractivity (Wildman–Crippen MR) is 81.0 cm³/mol. The van der Waals surface area contributed by atoms with E-state index < -0.39 is 4.92 Å². The molecule has 0 atom stereocenters. The van der Waals surface area contributed by atoms with E-state index in [1.165, 1.54) is 18.2 Å². The van der Waals surface area contributed by atoms with Gasteiger partial charge in [-0.3, -0.25) is 19.3 Å². The number of hydrogen-bond donors (Lipinski definition) is 1. The number of carbonyl (C=O) groups is 1. The molecule has 3 aromatic rings. The monoisotopic (exact) mass is 296 g/mol. The molecule has 0 aliphatic heterocycles. The molecule has 0 radical (unpaired) electrons. The molecule has 7 nitrogen and oxygen atoms in total. The third-order valence-electron chi connectivity index (χ3n) is 3.33. The lowest BCUT2D eigenvalue weighted by Crippen LogP contribution is -2.14. The number of fused-ring (bicyclic) bond motifs is 1. The van der Waals surface area contributed by atoms with Crippen LogP contribution in [0.2, 0.25) is 0 Å². The number of nitro groups is 1. The van der Waals surface area contributed by atoms with E-state index in [4.69, 9.17) is 0 Å². The molecule has 22 heavy (non-hydrogen) atoms. The molecule has 1 N–H and O–H groups in total. The number of imidazole rings is 1. The molecular weight excluding hydrogens is 284 g/mol. The number of hydrogen-bond acceptors (Lipinski definition) is 4. The Morgan fingerprint density at radius 1 is 1.32 bits per heavy atom. The number of carbonyl (C=O) groups excluding carboxylic acids is 1. The minimum absolute atomic E-state index is 0.00624. The predicted octanol–water partition coefficient (Wildman–Crippen LogP) is 2.80. The Morgan fingerprint density at radius 2 is 2.14 bits per heavy atom. The molecule has 0 fully saturated rings. The maximum atomic E-state index is 12.3. The molecule has 0 saturated carbocycles. The van der Waals surface area contributed by atoms with Crippen molar-refractivity contribution in [1.82, 2.24) is 9.38 Å². The lowest BCUT2D eigenvalue weighted by atomic mass is 10.1. The fraction of sp³-hybridized carbons (Fsp3) is 0.0667. The van der Waals surface area contributed by atoms with E-state index in [-0.39, 0.29) is 11.6 Å². The van der Waals surface area contributed by atoms with Gasteiger partial charge < -0.3 is 5.32 Å². The number of nitro benzene ring substituents is 1. The molecule has 7 heteroatoms. The van der Waals surface area contributed by atoms with E-state index in [1.54, 1.807) is 35.9 Å². The Hall–Kier alpha value is -3.22. The first kappa shape index (κ1) is 13.7. The molecule has 0 aliphatic carbocycles. The molecule has 0 aliphatic rings. The fourth-order valence-electron chi connectivity index (χ4n) is 2.24. The zero-order valence-electron chi connectivity index (χ0n) is 11.7. The summed E-state index contributed by atoms with van der Waals surface area (Å²) in [6.07, 6.45) is 3.38. The van der Waals surface area contributed by atoms with Crippen LogP contribution in [-0.2, 0) is 0 Å². The summed E-state index contributed by atoms with van der Waals surface area (Å²) in [5.74, 6) is 0.246. The van der Waals surface area contributed by atoms with Crippen LogP contribution in [0.1, 0.15) is 15.9 Å². The van der Waals surface area contributed by atoms with Gasteiger partial charge in [0.15, 0.2) is 0 Å². The zero-order chi connectivity index (χ0) is 15.7. The third-order valence-corrected chi connectivity index (χ3v) is 3.33. The zero-order valence-corrected chi connectivity index (χ0v) is 11.7. The molecule has 110 valence electrons. The summed E-state index contributed by atoms with van der Waals surface area (Å²) in [6.45, 7) is 1.60. The third kappa shape index (κ3) is 2.39. The number of nitrogens with one attached hydrogen (secondary N) is 1. The van der Waals surface area contributed by atoms with E-state index >= 15 is 0 Å². The molecule has 1 amide bonds. The van der Waals surface area contributed by atoms with Gasteiger partial charge in [-0.2, -0.15) is 0 Å². The number of anilines is 1. The molecule has 2 aromatic heterocycles. The molecule has 0 saturated heterocycles. The highest BCUT2D eigenvalue weighted by molar-refractivity contribution is 6.04. The number of benzene rings is 1. The molecule has 0 spiro atoms. The first-order chi connectivity index (χ1) is 10.6. The first-order valence-electron chi connectivity index (χ1n) is 6.55. The standard InChI is InChI=1S/C15H12N4O3/c1-10-9-11(5-6-12(10)19(21)22)15(20)17-14-4-2-3-13-16-7-8-18(13)14/h2-9H,1H3,(H,17,20). The average molecular weight is 296 g/mol. The topological polar surface area (TPSA) is 89.5 Å². The molecular formula is C15H12N4O3. The van der Waals surface area contributed by atoms with Crippen molar-refractivity contribution in [2.45, 2.75) is 6.92 Å². The number of amides is 1. The summed E-state index contributed by atoms with van der Waals surface area (Å²) in [5, 5.41) is 13.6. The second-order valence-corrected chi connectivity index (χ2v) is 4.78. The van der Waals surface area contributed by atoms with E-state index in [1.807, 2.05) is 6.07 Å². The van der Waals surface area contributed by atoms with Crippen LogP contribution in [0.25, 0.3) is 5.65 Å². The Kier molecular flexibility index (Phi) is 3.30. The van der Waals surface area contributed by atoms with Gasteiger partial charge in [-0.1, -0.05) is 6.07 Å². The van der Waals surface area contributed by atoms with Gasteiger partial charge in [0.2, 0.25) is 0 Å². The van der Waals surface area contributed by atoms with Crippen LogP contribution in [0.15, 0.2) is 48.8 Å². The average Bonchev–Trinajstić information content (AvgIpc) is 2.96. The van der Waals surface area contributed by atoms with Crippen molar-refractivity contribution in [3.8, 4) is 0 Å². The molecule has 3 rings (SSSR count). The highest BCUT2D eigenvalue weighted by Crippen LogP contribution is 2.20. The van der Waals surface area contributed by atoms with Crippen molar-refractivity contribution < 1.29 is 9.72 Å². The lowest BCUT2D eigenvalue weighted by molar-refractivity contribution is -0.385. The van der Waals surface area contributed by atoms with Gasteiger partial charge in [0.05, 0.1) is 4.92 Å². The van der Waals surface area contributed by atoms with E-state index in [9.17, 15) is 14.9 Å². The normalized spacial score (nSPS) is 10.6. The van der Waals surface area contributed by atoms with Gasteiger partial charge in [-0.15, -0.1) is 0 Å². The van der Waals surface area contributed by atoms with Gasteiger partial charge >= 0.3 is 0 Å². The highest BCUT2D eigenvalue weighted by Gasteiger charge is 2.14. The summed E-state index contributed by atoms with van der Waals surface area (Å²) in [6, 6.07) is 9.65. The summed E-state index contributed by atoms with van der Waals surface area (Å²) in [7, 11) is 0.